The van der Waals surface area contributed by atoms with Gasteiger partial charge in [-0.3, -0.25) is 4.90 Å². The zero-order valence-corrected chi connectivity index (χ0v) is 14.3. The van der Waals surface area contributed by atoms with Gasteiger partial charge in [0.15, 0.2) is 0 Å². The fraction of sp³-hybridized carbons (Fsp3) is 0.647. The van der Waals surface area contributed by atoms with Crippen molar-refractivity contribution in [2.75, 3.05) is 13.1 Å². The molecule has 1 aromatic rings. The molecule has 3 rings (SSSR count). The lowest BCUT2D eigenvalue weighted by Crippen LogP contribution is -2.58. The van der Waals surface area contributed by atoms with Crippen LogP contribution in [0.5, 0.6) is 0 Å². The number of halogens is 2. The van der Waals surface area contributed by atoms with Gasteiger partial charge < -0.3 is 5.32 Å². The third-order valence-corrected chi connectivity index (χ3v) is 5.57. The van der Waals surface area contributed by atoms with Gasteiger partial charge in [0.05, 0.1) is 10.0 Å². The molecule has 1 heterocycles. The Morgan fingerprint density at radius 3 is 2.62 bits per heavy atom. The number of piperazine rings is 1. The van der Waals surface area contributed by atoms with Crippen molar-refractivity contribution in [1.82, 2.24) is 10.2 Å². The molecular formula is C17H24Cl2N2. The maximum Gasteiger partial charge on any atom is 0.0595 e. The summed E-state index contributed by atoms with van der Waals surface area (Å²) in [5.41, 5.74) is 1.26. The summed E-state index contributed by atoms with van der Waals surface area (Å²) < 4.78 is 0. The van der Waals surface area contributed by atoms with Crippen molar-refractivity contribution in [1.29, 1.82) is 0 Å². The Hall–Kier alpha value is -0.280. The lowest BCUT2D eigenvalue weighted by atomic mass is 9.97. The molecule has 2 atom stereocenters. The third-order valence-electron chi connectivity index (χ3n) is 4.83. The van der Waals surface area contributed by atoms with E-state index in [1.807, 2.05) is 12.1 Å². The second kappa shape index (κ2) is 6.45. The van der Waals surface area contributed by atoms with Crippen LogP contribution in [0.4, 0.5) is 0 Å². The summed E-state index contributed by atoms with van der Waals surface area (Å²) in [5.74, 6) is 1.55. The monoisotopic (exact) mass is 326 g/mol. The van der Waals surface area contributed by atoms with E-state index in [4.69, 9.17) is 23.2 Å². The van der Waals surface area contributed by atoms with E-state index < -0.39 is 0 Å². The molecule has 116 valence electrons. The number of nitrogens with zero attached hydrogens (tertiary/aromatic N) is 1. The van der Waals surface area contributed by atoms with Crippen LogP contribution in [-0.2, 0) is 6.54 Å². The van der Waals surface area contributed by atoms with Gasteiger partial charge in [0.25, 0.3) is 0 Å². The third kappa shape index (κ3) is 3.73. The molecule has 1 aliphatic heterocycles. The van der Waals surface area contributed by atoms with Gasteiger partial charge in [-0.1, -0.05) is 43.1 Å². The molecule has 1 saturated heterocycles. The number of hydrogen-bond donors (Lipinski definition) is 1. The van der Waals surface area contributed by atoms with E-state index in [1.165, 1.54) is 18.4 Å². The highest BCUT2D eigenvalue weighted by molar-refractivity contribution is 6.42. The number of nitrogens with one attached hydrogen (secondary N) is 1. The zero-order valence-electron chi connectivity index (χ0n) is 12.8. The fourth-order valence-corrected chi connectivity index (χ4v) is 3.62. The van der Waals surface area contributed by atoms with E-state index in [0.29, 0.717) is 28.0 Å². The summed E-state index contributed by atoms with van der Waals surface area (Å²) >= 11 is 12.2. The average Bonchev–Trinajstić information content (AvgIpc) is 3.27. The Labute approximate surface area is 137 Å². The molecule has 0 spiro atoms. The summed E-state index contributed by atoms with van der Waals surface area (Å²) in [6.45, 7) is 7.82. The van der Waals surface area contributed by atoms with Crippen LogP contribution in [0.15, 0.2) is 18.2 Å². The summed E-state index contributed by atoms with van der Waals surface area (Å²) in [5, 5.41) is 5.04. The Morgan fingerprint density at radius 2 is 2.00 bits per heavy atom. The zero-order chi connectivity index (χ0) is 15.0. The minimum Gasteiger partial charge on any atom is -0.311 e. The summed E-state index contributed by atoms with van der Waals surface area (Å²) in [6.07, 6.45) is 2.77. The van der Waals surface area contributed by atoms with Crippen molar-refractivity contribution in [2.24, 2.45) is 11.8 Å². The first kappa shape index (κ1) is 15.6. The number of hydrogen-bond acceptors (Lipinski definition) is 2. The van der Waals surface area contributed by atoms with Gasteiger partial charge in [-0.2, -0.15) is 0 Å². The van der Waals surface area contributed by atoms with E-state index in [2.05, 4.69) is 30.1 Å². The van der Waals surface area contributed by atoms with E-state index in [-0.39, 0.29) is 0 Å². The minimum atomic E-state index is 0.586. The molecule has 0 amide bonds. The largest absolute Gasteiger partial charge is 0.311 e. The van der Waals surface area contributed by atoms with Crippen molar-refractivity contribution >= 4 is 23.2 Å². The molecule has 0 radical (unpaired) electrons. The highest BCUT2D eigenvalue weighted by Crippen LogP contribution is 2.37. The Balaban J connectivity index is 1.73. The van der Waals surface area contributed by atoms with Gasteiger partial charge in [-0.15, -0.1) is 0 Å². The first-order valence-corrected chi connectivity index (χ1v) is 8.71. The SMILES string of the molecule is CC(C)C1CN(Cc2ccc(Cl)c(Cl)c2)C(C2CC2)CN1. The van der Waals surface area contributed by atoms with E-state index in [9.17, 15) is 0 Å². The fourth-order valence-electron chi connectivity index (χ4n) is 3.30. The lowest BCUT2D eigenvalue weighted by molar-refractivity contribution is 0.0926. The molecule has 1 N–H and O–H groups in total. The molecule has 21 heavy (non-hydrogen) atoms. The molecule has 2 fully saturated rings. The smallest absolute Gasteiger partial charge is 0.0595 e. The summed E-state index contributed by atoms with van der Waals surface area (Å²) in [7, 11) is 0. The Morgan fingerprint density at radius 1 is 1.24 bits per heavy atom. The normalized spacial score (nSPS) is 27.3. The second-order valence-corrected chi connectivity index (χ2v) is 7.66. The molecule has 1 aliphatic carbocycles. The van der Waals surface area contributed by atoms with Crippen molar-refractivity contribution in [3.05, 3.63) is 33.8 Å². The molecule has 2 unspecified atom stereocenters. The average molecular weight is 327 g/mol. The quantitative estimate of drug-likeness (QED) is 0.891. The maximum atomic E-state index is 6.16. The molecule has 2 nitrogen and oxygen atoms in total. The maximum absolute atomic E-state index is 6.16. The Bertz CT molecular complexity index is 500. The van der Waals surface area contributed by atoms with Crippen LogP contribution < -0.4 is 5.32 Å². The lowest BCUT2D eigenvalue weighted by Gasteiger charge is -2.42. The highest BCUT2D eigenvalue weighted by atomic mass is 35.5. The van der Waals surface area contributed by atoms with E-state index in [0.717, 1.165) is 25.6 Å². The van der Waals surface area contributed by atoms with Crippen LogP contribution in [-0.4, -0.2) is 30.1 Å². The second-order valence-electron chi connectivity index (χ2n) is 6.84. The van der Waals surface area contributed by atoms with Crippen molar-refractivity contribution in [2.45, 2.75) is 45.3 Å². The van der Waals surface area contributed by atoms with Gasteiger partial charge in [0.1, 0.15) is 0 Å². The van der Waals surface area contributed by atoms with Gasteiger partial charge in [-0.25, -0.2) is 0 Å². The standard InChI is InChI=1S/C17H24Cl2N2/c1-11(2)16-10-21(17(8-20-16)13-4-5-13)9-12-3-6-14(18)15(19)7-12/h3,6-7,11,13,16-17,20H,4-5,8-10H2,1-2H3. The highest BCUT2D eigenvalue weighted by Gasteiger charge is 2.39. The molecule has 1 saturated carbocycles. The van der Waals surface area contributed by atoms with Crippen molar-refractivity contribution in [3.63, 3.8) is 0 Å². The molecule has 4 heteroatoms. The predicted molar refractivity (Wildman–Crippen MR) is 90.0 cm³/mol. The van der Waals surface area contributed by atoms with Crippen LogP contribution >= 0.6 is 23.2 Å². The first-order valence-electron chi connectivity index (χ1n) is 7.96. The van der Waals surface area contributed by atoms with Gasteiger partial charge in [-0.05, 0) is 42.4 Å². The van der Waals surface area contributed by atoms with Crippen LogP contribution in [0.1, 0.15) is 32.3 Å². The number of benzene rings is 1. The Kier molecular flexibility index (Phi) is 4.80. The molecule has 2 aliphatic rings. The molecular weight excluding hydrogens is 303 g/mol. The van der Waals surface area contributed by atoms with Crippen molar-refractivity contribution < 1.29 is 0 Å². The van der Waals surface area contributed by atoms with Crippen LogP contribution in [0.25, 0.3) is 0 Å². The molecule has 1 aromatic carbocycles. The summed E-state index contributed by atoms with van der Waals surface area (Å²) in [6, 6.07) is 7.29. The van der Waals surface area contributed by atoms with Gasteiger partial charge in [0, 0.05) is 31.7 Å². The minimum absolute atomic E-state index is 0.586. The molecule has 0 bridgehead atoms. The number of rotatable bonds is 4. The van der Waals surface area contributed by atoms with Crippen molar-refractivity contribution in [3.8, 4) is 0 Å². The van der Waals surface area contributed by atoms with E-state index >= 15 is 0 Å². The summed E-state index contributed by atoms with van der Waals surface area (Å²) in [4.78, 5) is 2.65. The topological polar surface area (TPSA) is 15.3 Å². The predicted octanol–water partition coefficient (Wildman–Crippen LogP) is 4.20. The van der Waals surface area contributed by atoms with Gasteiger partial charge in [0.2, 0.25) is 0 Å². The van der Waals surface area contributed by atoms with Crippen LogP contribution in [0.3, 0.4) is 0 Å². The van der Waals surface area contributed by atoms with Crippen LogP contribution in [0.2, 0.25) is 10.0 Å². The van der Waals surface area contributed by atoms with Gasteiger partial charge >= 0.3 is 0 Å². The van der Waals surface area contributed by atoms with E-state index in [1.54, 1.807) is 0 Å². The first-order chi connectivity index (χ1) is 10.0. The molecule has 0 aromatic heterocycles. The van der Waals surface area contributed by atoms with Crippen LogP contribution in [0, 0.1) is 11.8 Å².